The highest BCUT2D eigenvalue weighted by Crippen LogP contribution is 2.20. The SMILES string of the molecule is COCCN(CCO)c1ccccc1CNCC(C)C. The monoisotopic (exact) mass is 280 g/mol. The summed E-state index contributed by atoms with van der Waals surface area (Å²) in [6.07, 6.45) is 0. The fraction of sp³-hybridized carbons (Fsp3) is 0.625. The van der Waals surface area contributed by atoms with Gasteiger partial charge in [0.05, 0.1) is 13.2 Å². The third-order valence-electron chi connectivity index (χ3n) is 3.14. The molecule has 0 fully saturated rings. The van der Waals surface area contributed by atoms with E-state index in [2.05, 4.69) is 42.3 Å². The average Bonchev–Trinajstić information content (AvgIpc) is 2.44. The van der Waals surface area contributed by atoms with Crippen LogP contribution in [0, 0.1) is 5.92 Å². The summed E-state index contributed by atoms with van der Waals surface area (Å²) in [4.78, 5) is 2.18. The van der Waals surface area contributed by atoms with E-state index in [-0.39, 0.29) is 6.61 Å². The highest BCUT2D eigenvalue weighted by molar-refractivity contribution is 5.53. The van der Waals surface area contributed by atoms with Crippen LogP contribution >= 0.6 is 0 Å². The number of benzene rings is 1. The summed E-state index contributed by atoms with van der Waals surface area (Å²) in [5, 5.41) is 12.7. The summed E-state index contributed by atoms with van der Waals surface area (Å²) >= 11 is 0. The standard InChI is InChI=1S/C16H28N2O2/c1-14(2)12-17-13-15-6-4-5-7-16(15)18(8-10-19)9-11-20-3/h4-7,14,17,19H,8-13H2,1-3H3. The number of anilines is 1. The molecular weight excluding hydrogens is 252 g/mol. The molecule has 0 amide bonds. The van der Waals surface area contributed by atoms with Gasteiger partial charge in [0.1, 0.15) is 0 Å². The molecule has 0 heterocycles. The Kier molecular flexibility index (Phi) is 8.26. The molecule has 0 saturated carbocycles. The Balaban J connectivity index is 2.74. The summed E-state index contributed by atoms with van der Waals surface area (Å²) in [7, 11) is 1.70. The number of methoxy groups -OCH3 is 1. The third kappa shape index (κ3) is 5.90. The fourth-order valence-corrected chi connectivity index (χ4v) is 2.14. The molecule has 0 atom stereocenters. The van der Waals surface area contributed by atoms with Gasteiger partial charge in [-0.25, -0.2) is 0 Å². The highest BCUT2D eigenvalue weighted by atomic mass is 16.5. The van der Waals surface area contributed by atoms with E-state index in [4.69, 9.17) is 4.74 Å². The van der Waals surface area contributed by atoms with Crippen molar-refractivity contribution >= 4 is 5.69 Å². The smallest absolute Gasteiger partial charge is 0.0637 e. The summed E-state index contributed by atoms with van der Waals surface area (Å²) in [5.74, 6) is 0.643. The quantitative estimate of drug-likeness (QED) is 0.687. The second kappa shape index (κ2) is 9.75. The van der Waals surface area contributed by atoms with Crippen LogP contribution < -0.4 is 10.2 Å². The zero-order chi connectivity index (χ0) is 14.8. The number of nitrogens with one attached hydrogen (secondary N) is 1. The van der Waals surface area contributed by atoms with Crippen LogP contribution in [0.2, 0.25) is 0 Å². The lowest BCUT2D eigenvalue weighted by molar-refractivity contribution is 0.203. The second-order valence-electron chi connectivity index (χ2n) is 5.36. The minimum Gasteiger partial charge on any atom is -0.395 e. The van der Waals surface area contributed by atoms with Gasteiger partial charge >= 0.3 is 0 Å². The number of para-hydroxylation sites is 1. The molecule has 20 heavy (non-hydrogen) atoms. The van der Waals surface area contributed by atoms with Crippen LogP contribution in [0.3, 0.4) is 0 Å². The predicted molar refractivity (Wildman–Crippen MR) is 84.2 cm³/mol. The van der Waals surface area contributed by atoms with Crippen LogP contribution in [-0.2, 0) is 11.3 Å². The summed E-state index contributed by atoms with van der Waals surface area (Å²) < 4.78 is 5.15. The number of hydrogen-bond acceptors (Lipinski definition) is 4. The van der Waals surface area contributed by atoms with Gasteiger partial charge in [-0.3, -0.25) is 0 Å². The molecule has 0 spiro atoms. The second-order valence-corrected chi connectivity index (χ2v) is 5.36. The van der Waals surface area contributed by atoms with Crippen molar-refractivity contribution in [1.29, 1.82) is 0 Å². The maximum absolute atomic E-state index is 9.24. The van der Waals surface area contributed by atoms with Crippen molar-refractivity contribution < 1.29 is 9.84 Å². The summed E-state index contributed by atoms with van der Waals surface area (Å²) in [5.41, 5.74) is 2.44. The number of ether oxygens (including phenoxy) is 1. The molecule has 4 nitrogen and oxygen atoms in total. The Hall–Kier alpha value is -1.10. The fourth-order valence-electron chi connectivity index (χ4n) is 2.14. The lowest BCUT2D eigenvalue weighted by atomic mass is 10.1. The molecule has 4 heteroatoms. The lowest BCUT2D eigenvalue weighted by Crippen LogP contribution is -2.31. The number of aliphatic hydroxyl groups excluding tert-OH is 1. The average molecular weight is 280 g/mol. The molecule has 0 aliphatic rings. The molecule has 114 valence electrons. The Bertz CT molecular complexity index is 369. The molecule has 1 aromatic carbocycles. The molecule has 1 rings (SSSR count). The van der Waals surface area contributed by atoms with Crippen molar-refractivity contribution in [1.82, 2.24) is 5.32 Å². The van der Waals surface area contributed by atoms with E-state index in [1.165, 1.54) is 11.3 Å². The van der Waals surface area contributed by atoms with Gasteiger partial charge in [-0.1, -0.05) is 32.0 Å². The summed E-state index contributed by atoms with van der Waals surface area (Å²) in [6.45, 7) is 8.49. The zero-order valence-corrected chi connectivity index (χ0v) is 12.9. The van der Waals surface area contributed by atoms with Gasteiger partial charge in [0.15, 0.2) is 0 Å². The molecule has 0 aliphatic carbocycles. The van der Waals surface area contributed by atoms with Gasteiger partial charge in [-0.15, -0.1) is 0 Å². The molecule has 0 bridgehead atoms. The van der Waals surface area contributed by atoms with Gasteiger partial charge in [0.2, 0.25) is 0 Å². The number of aliphatic hydroxyl groups is 1. The maximum atomic E-state index is 9.24. The van der Waals surface area contributed by atoms with Gasteiger partial charge in [0.25, 0.3) is 0 Å². The minimum absolute atomic E-state index is 0.150. The van der Waals surface area contributed by atoms with Gasteiger partial charge in [0, 0.05) is 32.4 Å². The molecule has 0 aromatic heterocycles. The molecule has 0 radical (unpaired) electrons. The molecule has 2 N–H and O–H groups in total. The Labute approximate surface area is 122 Å². The van der Waals surface area contributed by atoms with Crippen LogP contribution in [0.15, 0.2) is 24.3 Å². The van der Waals surface area contributed by atoms with E-state index in [9.17, 15) is 5.11 Å². The van der Waals surface area contributed by atoms with Crippen molar-refractivity contribution in [2.24, 2.45) is 5.92 Å². The van der Waals surface area contributed by atoms with E-state index in [0.717, 1.165) is 19.6 Å². The Morgan fingerprint density at radius 3 is 2.65 bits per heavy atom. The third-order valence-corrected chi connectivity index (χ3v) is 3.14. The van der Waals surface area contributed by atoms with Crippen molar-refractivity contribution in [3.63, 3.8) is 0 Å². The predicted octanol–water partition coefficient (Wildman–Crippen LogP) is 1.88. The van der Waals surface area contributed by atoms with Crippen LogP contribution in [0.4, 0.5) is 5.69 Å². The molecule has 0 aliphatic heterocycles. The number of rotatable bonds is 10. The van der Waals surface area contributed by atoms with E-state index in [0.29, 0.717) is 19.1 Å². The molecule has 0 saturated heterocycles. The maximum Gasteiger partial charge on any atom is 0.0637 e. The van der Waals surface area contributed by atoms with Crippen LogP contribution in [-0.4, -0.2) is 45.1 Å². The largest absolute Gasteiger partial charge is 0.395 e. The van der Waals surface area contributed by atoms with Crippen molar-refractivity contribution in [3.8, 4) is 0 Å². The van der Waals surface area contributed by atoms with Crippen LogP contribution in [0.1, 0.15) is 19.4 Å². The van der Waals surface area contributed by atoms with Crippen molar-refractivity contribution in [3.05, 3.63) is 29.8 Å². The van der Waals surface area contributed by atoms with E-state index < -0.39 is 0 Å². The lowest BCUT2D eigenvalue weighted by Gasteiger charge is -2.26. The minimum atomic E-state index is 0.150. The van der Waals surface area contributed by atoms with Gasteiger partial charge in [-0.2, -0.15) is 0 Å². The first-order valence-corrected chi connectivity index (χ1v) is 7.32. The van der Waals surface area contributed by atoms with E-state index >= 15 is 0 Å². The number of nitrogens with zero attached hydrogens (tertiary/aromatic N) is 1. The van der Waals surface area contributed by atoms with Crippen molar-refractivity contribution in [2.75, 3.05) is 44.9 Å². The van der Waals surface area contributed by atoms with E-state index in [1.807, 2.05) is 6.07 Å². The zero-order valence-electron chi connectivity index (χ0n) is 12.9. The van der Waals surface area contributed by atoms with Gasteiger partial charge < -0.3 is 20.1 Å². The Morgan fingerprint density at radius 1 is 1.25 bits per heavy atom. The normalized spacial score (nSPS) is 11.1. The van der Waals surface area contributed by atoms with Crippen LogP contribution in [0.5, 0.6) is 0 Å². The van der Waals surface area contributed by atoms with Crippen LogP contribution in [0.25, 0.3) is 0 Å². The van der Waals surface area contributed by atoms with Gasteiger partial charge in [-0.05, 0) is 24.1 Å². The first-order chi connectivity index (χ1) is 9.69. The van der Waals surface area contributed by atoms with Crippen molar-refractivity contribution in [2.45, 2.75) is 20.4 Å². The first kappa shape index (κ1) is 17.0. The Morgan fingerprint density at radius 2 is 2.00 bits per heavy atom. The molecule has 1 aromatic rings. The number of hydrogen-bond donors (Lipinski definition) is 2. The molecule has 0 unspecified atom stereocenters. The topological polar surface area (TPSA) is 44.7 Å². The first-order valence-electron chi connectivity index (χ1n) is 7.32. The summed E-state index contributed by atoms with van der Waals surface area (Å²) in [6, 6.07) is 8.35. The highest BCUT2D eigenvalue weighted by Gasteiger charge is 2.10. The molecular formula is C16H28N2O2. The van der Waals surface area contributed by atoms with E-state index in [1.54, 1.807) is 7.11 Å².